The van der Waals surface area contributed by atoms with Crippen molar-refractivity contribution in [3.8, 4) is 0 Å². The fourth-order valence-electron chi connectivity index (χ4n) is 1.45. The average molecular weight is 234 g/mol. The minimum Gasteiger partial charge on any atom is -0.488 e. The number of ether oxygens (including phenoxy) is 2. The van der Waals surface area contributed by atoms with Gasteiger partial charge in [-0.1, -0.05) is 6.58 Å². The molecule has 0 aromatic carbocycles. The first-order valence-electron chi connectivity index (χ1n) is 5.88. The lowest BCUT2D eigenvalue weighted by Crippen LogP contribution is -2.18. The van der Waals surface area contributed by atoms with Gasteiger partial charge in [0.2, 0.25) is 0 Å². The van der Waals surface area contributed by atoms with Crippen LogP contribution in [0.1, 0.15) is 41.0 Å². The number of hydrogen-bond acceptors (Lipinski definition) is 2. The molecule has 2 heteroatoms. The fraction of sp³-hybridized carbons (Fsp3) is 0.467. The Hall–Kier alpha value is -1.44. The number of allylic oxidation sites excluding steroid dienone is 5. The lowest BCUT2D eigenvalue weighted by atomic mass is 10.1. The van der Waals surface area contributed by atoms with Crippen LogP contribution in [-0.4, -0.2) is 5.60 Å². The van der Waals surface area contributed by atoms with Crippen LogP contribution in [0.15, 0.2) is 47.7 Å². The van der Waals surface area contributed by atoms with Crippen molar-refractivity contribution in [3.05, 3.63) is 47.7 Å². The van der Waals surface area contributed by atoms with Gasteiger partial charge in [0.25, 0.3) is 0 Å². The maximum absolute atomic E-state index is 5.91. The molecule has 1 aliphatic rings. The molecule has 0 N–H and O–H groups in total. The van der Waals surface area contributed by atoms with E-state index >= 15 is 0 Å². The van der Waals surface area contributed by atoms with Crippen LogP contribution in [0, 0.1) is 0 Å². The van der Waals surface area contributed by atoms with E-state index in [0.717, 1.165) is 17.9 Å². The van der Waals surface area contributed by atoms with Gasteiger partial charge in [-0.25, -0.2) is 0 Å². The molecule has 0 aromatic heterocycles. The molecule has 0 fully saturated rings. The van der Waals surface area contributed by atoms with E-state index in [9.17, 15) is 0 Å². The standard InChI is InChI=1S/C15H22O2/c1-11(2)16-13-8-7-12(3)14(10-9-13)17-15(4,5)6/h8-10H,1,7H2,2-6H3. The molecule has 0 saturated heterocycles. The fourth-order valence-corrected chi connectivity index (χ4v) is 1.45. The Morgan fingerprint density at radius 1 is 1.29 bits per heavy atom. The summed E-state index contributed by atoms with van der Waals surface area (Å²) >= 11 is 0. The third-order valence-electron chi connectivity index (χ3n) is 2.14. The summed E-state index contributed by atoms with van der Waals surface area (Å²) in [5, 5.41) is 0. The normalized spacial score (nSPS) is 16.4. The number of rotatable bonds is 3. The summed E-state index contributed by atoms with van der Waals surface area (Å²) in [6.07, 6.45) is 6.76. The summed E-state index contributed by atoms with van der Waals surface area (Å²) in [4.78, 5) is 0. The third-order valence-corrected chi connectivity index (χ3v) is 2.14. The van der Waals surface area contributed by atoms with E-state index in [1.54, 1.807) is 0 Å². The first-order valence-corrected chi connectivity index (χ1v) is 5.88. The molecular formula is C15H22O2. The molecule has 0 heterocycles. The zero-order valence-electron chi connectivity index (χ0n) is 11.5. The maximum Gasteiger partial charge on any atom is 0.123 e. The summed E-state index contributed by atoms with van der Waals surface area (Å²) in [7, 11) is 0. The molecule has 1 aliphatic carbocycles. The van der Waals surface area contributed by atoms with E-state index < -0.39 is 0 Å². The van der Waals surface area contributed by atoms with Gasteiger partial charge in [0.1, 0.15) is 17.1 Å². The molecule has 17 heavy (non-hydrogen) atoms. The van der Waals surface area contributed by atoms with Crippen LogP contribution in [0.4, 0.5) is 0 Å². The maximum atomic E-state index is 5.91. The van der Waals surface area contributed by atoms with Crippen molar-refractivity contribution in [2.24, 2.45) is 0 Å². The lowest BCUT2D eigenvalue weighted by molar-refractivity contribution is 0.0579. The second kappa shape index (κ2) is 5.26. The monoisotopic (exact) mass is 234 g/mol. The quantitative estimate of drug-likeness (QED) is 0.671. The Morgan fingerprint density at radius 3 is 2.47 bits per heavy atom. The van der Waals surface area contributed by atoms with Gasteiger partial charge in [-0.05, 0) is 64.8 Å². The minimum absolute atomic E-state index is 0.180. The van der Waals surface area contributed by atoms with Crippen LogP contribution in [-0.2, 0) is 9.47 Å². The highest BCUT2D eigenvalue weighted by molar-refractivity contribution is 5.31. The van der Waals surface area contributed by atoms with E-state index in [4.69, 9.17) is 9.47 Å². The summed E-state index contributed by atoms with van der Waals surface area (Å²) < 4.78 is 11.4. The van der Waals surface area contributed by atoms with Crippen LogP contribution in [0.2, 0.25) is 0 Å². The van der Waals surface area contributed by atoms with E-state index in [2.05, 4.69) is 13.5 Å². The largest absolute Gasteiger partial charge is 0.488 e. The van der Waals surface area contributed by atoms with Gasteiger partial charge in [-0.3, -0.25) is 0 Å². The third kappa shape index (κ3) is 4.94. The summed E-state index contributed by atoms with van der Waals surface area (Å²) in [6.45, 7) is 13.8. The van der Waals surface area contributed by atoms with E-state index in [-0.39, 0.29) is 5.60 Å². The highest BCUT2D eigenvalue weighted by atomic mass is 16.5. The Bertz CT molecular complexity index is 390. The molecule has 0 unspecified atom stereocenters. The van der Waals surface area contributed by atoms with Crippen molar-refractivity contribution in [3.63, 3.8) is 0 Å². The van der Waals surface area contributed by atoms with Gasteiger partial charge < -0.3 is 9.47 Å². The van der Waals surface area contributed by atoms with Crippen molar-refractivity contribution in [2.45, 2.75) is 46.6 Å². The van der Waals surface area contributed by atoms with Crippen LogP contribution >= 0.6 is 0 Å². The predicted molar refractivity (Wildman–Crippen MR) is 71.3 cm³/mol. The number of hydrogen-bond donors (Lipinski definition) is 0. The van der Waals surface area contributed by atoms with E-state index in [1.807, 2.05) is 45.9 Å². The molecule has 0 radical (unpaired) electrons. The van der Waals surface area contributed by atoms with Gasteiger partial charge in [0.05, 0.1) is 5.76 Å². The molecule has 94 valence electrons. The van der Waals surface area contributed by atoms with Crippen molar-refractivity contribution < 1.29 is 9.47 Å². The zero-order valence-corrected chi connectivity index (χ0v) is 11.5. The minimum atomic E-state index is -0.180. The summed E-state index contributed by atoms with van der Waals surface area (Å²) in [6, 6.07) is 0. The Labute approximate surface area is 104 Å². The Kier molecular flexibility index (Phi) is 4.22. The molecule has 0 atom stereocenters. The van der Waals surface area contributed by atoms with Crippen molar-refractivity contribution in [2.75, 3.05) is 0 Å². The summed E-state index contributed by atoms with van der Waals surface area (Å²) in [5.74, 6) is 2.44. The predicted octanol–water partition coefficient (Wildman–Crippen LogP) is 4.47. The van der Waals surface area contributed by atoms with Crippen LogP contribution in [0.25, 0.3) is 0 Å². The van der Waals surface area contributed by atoms with Crippen molar-refractivity contribution >= 4 is 0 Å². The first kappa shape index (κ1) is 13.6. The van der Waals surface area contributed by atoms with E-state index in [0.29, 0.717) is 5.76 Å². The van der Waals surface area contributed by atoms with Gasteiger partial charge >= 0.3 is 0 Å². The lowest BCUT2D eigenvalue weighted by Gasteiger charge is -2.23. The molecule has 0 amide bonds. The van der Waals surface area contributed by atoms with Crippen molar-refractivity contribution in [1.82, 2.24) is 0 Å². The van der Waals surface area contributed by atoms with Gasteiger partial charge in [-0.2, -0.15) is 0 Å². The molecule has 0 bridgehead atoms. The van der Waals surface area contributed by atoms with Gasteiger partial charge in [0.15, 0.2) is 0 Å². The summed E-state index contributed by atoms with van der Waals surface area (Å²) in [5.41, 5.74) is 1.03. The molecule has 2 nitrogen and oxygen atoms in total. The molecule has 0 saturated carbocycles. The Morgan fingerprint density at radius 2 is 1.94 bits per heavy atom. The van der Waals surface area contributed by atoms with Gasteiger partial charge in [0, 0.05) is 0 Å². The van der Waals surface area contributed by atoms with Crippen molar-refractivity contribution in [1.29, 1.82) is 0 Å². The molecule has 0 aliphatic heterocycles. The Balaban J connectivity index is 2.80. The van der Waals surface area contributed by atoms with E-state index in [1.165, 1.54) is 5.57 Å². The first-order chi connectivity index (χ1) is 7.78. The zero-order chi connectivity index (χ0) is 13.1. The second-order valence-corrected chi connectivity index (χ2v) is 5.31. The molecule has 0 aromatic rings. The van der Waals surface area contributed by atoms with Crippen LogP contribution in [0.5, 0.6) is 0 Å². The van der Waals surface area contributed by atoms with Gasteiger partial charge in [-0.15, -0.1) is 0 Å². The second-order valence-electron chi connectivity index (χ2n) is 5.31. The molecule has 0 spiro atoms. The average Bonchev–Trinajstić information content (AvgIpc) is 2.30. The smallest absolute Gasteiger partial charge is 0.123 e. The molecular weight excluding hydrogens is 212 g/mol. The highest BCUT2D eigenvalue weighted by Gasteiger charge is 2.15. The van der Waals surface area contributed by atoms with Crippen LogP contribution in [0.3, 0.4) is 0 Å². The highest BCUT2D eigenvalue weighted by Crippen LogP contribution is 2.24. The van der Waals surface area contributed by atoms with Crippen LogP contribution < -0.4 is 0 Å². The molecule has 1 rings (SSSR count). The topological polar surface area (TPSA) is 18.5 Å². The SMILES string of the molecule is C=C(C)OC1=CCC(C)=C(OC(C)(C)C)C=C1.